The summed E-state index contributed by atoms with van der Waals surface area (Å²) in [5, 5.41) is 0. The molecule has 0 aliphatic heterocycles. The first-order valence-corrected chi connectivity index (χ1v) is 6.34. The number of ether oxygens (including phenoxy) is 1. The molecular formula is C14H17FN4O. The smallest absolute Gasteiger partial charge is 0.218 e. The van der Waals surface area contributed by atoms with Crippen molar-refractivity contribution in [3.8, 4) is 5.88 Å². The fourth-order valence-electron chi connectivity index (χ4n) is 1.84. The summed E-state index contributed by atoms with van der Waals surface area (Å²) in [5.41, 5.74) is 6.42. The predicted octanol–water partition coefficient (Wildman–Crippen LogP) is 2.11. The van der Waals surface area contributed by atoms with Crippen LogP contribution in [0.15, 0.2) is 36.7 Å². The highest BCUT2D eigenvalue weighted by Crippen LogP contribution is 2.25. The zero-order chi connectivity index (χ0) is 14.4. The van der Waals surface area contributed by atoms with E-state index in [9.17, 15) is 4.39 Å². The molecule has 0 amide bonds. The average molecular weight is 276 g/mol. The van der Waals surface area contributed by atoms with Crippen molar-refractivity contribution in [3.05, 3.63) is 42.5 Å². The minimum atomic E-state index is -0.271. The van der Waals surface area contributed by atoms with Gasteiger partial charge in [0.25, 0.3) is 0 Å². The van der Waals surface area contributed by atoms with Crippen LogP contribution in [0.2, 0.25) is 0 Å². The lowest BCUT2D eigenvalue weighted by Crippen LogP contribution is -2.22. The zero-order valence-electron chi connectivity index (χ0n) is 11.3. The van der Waals surface area contributed by atoms with Crippen molar-refractivity contribution in [1.29, 1.82) is 0 Å². The third-order valence-corrected chi connectivity index (χ3v) is 2.84. The molecule has 2 rings (SSSR count). The van der Waals surface area contributed by atoms with Crippen molar-refractivity contribution in [1.82, 2.24) is 9.97 Å². The van der Waals surface area contributed by atoms with Crippen molar-refractivity contribution >= 4 is 11.5 Å². The maximum Gasteiger partial charge on any atom is 0.218 e. The van der Waals surface area contributed by atoms with E-state index in [2.05, 4.69) is 9.97 Å². The topological polar surface area (TPSA) is 64.3 Å². The van der Waals surface area contributed by atoms with Gasteiger partial charge in [-0.05, 0) is 37.2 Å². The van der Waals surface area contributed by atoms with E-state index < -0.39 is 0 Å². The van der Waals surface area contributed by atoms with Crippen LogP contribution in [-0.4, -0.2) is 30.2 Å². The summed E-state index contributed by atoms with van der Waals surface area (Å²) in [6, 6.07) is 7.99. The van der Waals surface area contributed by atoms with Gasteiger partial charge in [0.2, 0.25) is 5.88 Å². The summed E-state index contributed by atoms with van der Waals surface area (Å²) < 4.78 is 18.1. The SMILES string of the molecule is COc1cc(N(CCCN)c2ccc(F)cc2)ncn1. The number of anilines is 2. The molecule has 1 heterocycles. The second-order valence-electron chi connectivity index (χ2n) is 4.19. The normalized spacial score (nSPS) is 10.3. The summed E-state index contributed by atoms with van der Waals surface area (Å²) >= 11 is 0. The Morgan fingerprint density at radius 1 is 1.25 bits per heavy atom. The van der Waals surface area contributed by atoms with Crippen LogP contribution in [0.4, 0.5) is 15.9 Å². The Labute approximate surface area is 117 Å². The molecular weight excluding hydrogens is 259 g/mol. The van der Waals surface area contributed by atoms with Crippen molar-refractivity contribution in [2.75, 3.05) is 25.1 Å². The van der Waals surface area contributed by atoms with E-state index >= 15 is 0 Å². The summed E-state index contributed by atoms with van der Waals surface area (Å²) in [6.45, 7) is 1.25. The molecule has 1 aromatic heterocycles. The summed E-state index contributed by atoms with van der Waals surface area (Å²) in [4.78, 5) is 10.2. The molecule has 20 heavy (non-hydrogen) atoms. The van der Waals surface area contributed by atoms with E-state index in [0.717, 1.165) is 12.1 Å². The van der Waals surface area contributed by atoms with Gasteiger partial charge in [0.15, 0.2) is 0 Å². The molecule has 2 N–H and O–H groups in total. The second kappa shape index (κ2) is 6.81. The van der Waals surface area contributed by atoms with E-state index in [0.29, 0.717) is 24.8 Å². The van der Waals surface area contributed by atoms with E-state index in [1.807, 2.05) is 4.90 Å². The van der Waals surface area contributed by atoms with Crippen molar-refractivity contribution in [2.24, 2.45) is 5.73 Å². The number of halogens is 1. The number of nitrogens with two attached hydrogens (primary N) is 1. The number of benzene rings is 1. The van der Waals surface area contributed by atoms with Gasteiger partial charge in [-0.2, -0.15) is 0 Å². The van der Waals surface area contributed by atoms with Crippen LogP contribution in [-0.2, 0) is 0 Å². The highest BCUT2D eigenvalue weighted by atomic mass is 19.1. The third kappa shape index (κ3) is 3.42. The van der Waals surface area contributed by atoms with Gasteiger partial charge in [-0.1, -0.05) is 0 Å². The van der Waals surface area contributed by atoms with Gasteiger partial charge < -0.3 is 15.4 Å². The highest BCUT2D eigenvalue weighted by molar-refractivity contribution is 5.60. The Morgan fingerprint density at radius 3 is 2.65 bits per heavy atom. The van der Waals surface area contributed by atoms with Gasteiger partial charge in [0, 0.05) is 18.3 Å². The Hall–Kier alpha value is -2.21. The molecule has 2 aromatic rings. The third-order valence-electron chi connectivity index (χ3n) is 2.84. The lowest BCUT2D eigenvalue weighted by atomic mass is 10.2. The van der Waals surface area contributed by atoms with Crippen LogP contribution < -0.4 is 15.4 Å². The van der Waals surface area contributed by atoms with Gasteiger partial charge in [-0.15, -0.1) is 0 Å². The largest absolute Gasteiger partial charge is 0.481 e. The molecule has 0 aliphatic rings. The maximum atomic E-state index is 13.0. The van der Waals surface area contributed by atoms with Gasteiger partial charge in [-0.25, -0.2) is 14.4 Å². The number of aromatic nitrogens is 2. The van der Waals surface area contributed by atoms with Crippen LogP contribution in [0, 0.1) is 5.82 Å². The van der Waals surface area contributed by atoms with Crippen LogP contribution in [0.5, 0.6) is 5.88 Å². The maximum absolute atomic E-state index is 13.0. The molecule has 106 valence electrons. The fourth-order valence-corrected chi connectivity index (χ4v) is 1.84. The van der Waals surface area contributed by atoms with Crippen molar-refractivity contribution < 1.29 is 9.13 Å². The molecule has 0 unspecified atom stereocenters. The van der Waals surface area contributed by atoms with Gasteiger partial charge in [0.1, 0.15) is 18.0 Å². The van der Waals surface area contributed by atoms with Crippen molar-refractivity contribution in [2.45, 2.75) is 6.42 Å². The standard InChI is InChI=1S/C14H17FN4O/c1-20-14-9-13(17-10-18-14)19(8-2-7-16)12-5-3-11(15)4-6-12/h3-6,9-10H,2,7-8,16H2,1H3. The van der Waals surface area contributed by atoms with E-state index in [1.165, 1.54) is 18.5 Å². The predicted molar refractivity (Wildman–Crippen MR) is 75.7 cm³/mol. The van der Waals surface area contributed by atoms with E-state index in [4.69, 9.17) is 10.5 Å². The minimum absolute atomic E-state index is 0.271. The Balaban J connectivity index is 2.32. The molecule has 5 nitrogen and oxygen atoms in total. The number of rotatable bonds is 6. The van der Waals surface area contributed by atoms with Crippen molar-refractivity contribution in [3.63, 3.8) is 0 Å². The molecule has 0 atom stereocenters. The first kappa shape index (κ1) is 14.2. The zero-order valence-corrected chi connectivity index (χ0v) is 11.3. The molecule has 1 aromatic carbocycles. The quantitative estimate of drug-likeness (QED) is 0.875. The lowest BCUT2D eigenvalue weighted by Gasteiger charge is -2.23. The Kier molecular flexibility index (Phi) is 4.84. The van der Waals surface area contributed by atoms with Gasteiger partial charge >= 0.3 is 0 Å². The lowest BCUT2D eigenvalue weighted by molar-refractivity contribution is 0.397. The molecule has 0 bridgehead atoms. The molecule has 0 saturated heterocycles. The Bertz CT molecular complexity index is 547. The second-order valence-corrected chi connectivity index (χ2v) is 4.19. The van der Waals surface area contributed by atoms with E-state index in [-0.39, 0.29) is 5.82 Å². The van der Waals surface area contributed by atoms with Crippen LogP contribution in [0.25, 0.3) is 0 Å². The molecule has 0 aliphatic carbocycles. The summed E-state index contributed by atoms with van der Waals surface area (Å²) in [5.74, 6) is 0.902. The highest BCUT2D eigenvalue weighted by Gasteiger charge is 2.11. The average Bonchev–Trinajstić information content (AvgIpc) is 2.49. The van der Waals surface area contributed by atoms with Crippen LogP contribution in [0.1, 0.15) is 6.42 Å². The molecule has 6 heteroatoms. The Morgan fingerprint density at radius 2 is 2.00 bits per heavy atom. The molecule has 0 radical (unpaired) electrons. The first-order valence-electron chi connectivity index (χ1n) is 6.34. The molecule has 0 fully saturated rings. The summed E-state index contributed by atoms with van der Waals surface area (Å²) in [6.07, 6.45) is 2.23. The first-order chi connectivity index (χ1) is 9.74. The molecule has 0 saturated carbocycles. The monoisotopic (exact) mass is 276 g/mol. The van der Waals surface area contributed by atoms with Crippen LogP contribution >= 0.6 is 0 Å². The number of hydrogen-bond donors (Lipinski definition) is 1. The van der Waals surface area contributed by atoms with E-state index in [1.54, 1.807) is 25.3 Å². The number of nitrogens with zero attached hydrogens (tertiary/aromatic N) is 3. The molecule has 0 spiro atoms. The van der Waals surface area contributed by atoms with Crippen LogP contribution in [0.3, 0.4) is 0 Å². The number of methoxy groups -OCH3 is 1. The summed E-state index contributed by atoms with van der Waals surface area (Å²) in [7, 11) is 1.55. The fraction of sp³-hybridized carbons (Fsp3) is 0.286. The van der Waals surface area contributed by atoms with Gasteiger partial charge in [-0.3, -0.25) is 0 Å². The number of hydrogen-bond acceptors (Lipinski definition) is 5. The minimum Gasteiger partial charge on any atom is -0.481 e. The van der Waals surface area contributed by atoms with Gasteiger partial charge in [0.05, 0.1) is 7.11 Å².